The first-order chi connectivity index (χ1) is 7.59. The van der Waals surface area contributed by atoms with Gasteiger partial charge in [-0.05, 0) is 49.7 Å². The zero-order chi connectivity index (χ0) is 11.7. The van der Waals surface area contributed by atoms with Crippen LogP contribution in [0.1, 0.15) is 49.2 Å². The molecule has 0 radical (unpaired) electrons. The minimum absolute atomic E-state index is 0.177. The third-order valence-electron chi connectivity index (χ3n) is 4.05. The molecule has 3 atom stereocenters. The predicted octanol–water partition coefficient (Wildman–Crippen LogP) is 3.84. The molecule has 1 aliphatic carbocycles. The van der Waals surface area contributed by atoms with Crippen molar-refractivity contribution >= 4 is 5.78 Å². The Balaban J connectivity index is 2.09. The smallest absolute Gasteiger partial charge is 0.201 e. The highest BCUT2D eigenvalue weighted by Crippen LogP contribution is 2.35. The summed E-state index contributed by atoms with van der Waals surface area (Å²) < 4.78 is 5.29. The summed E-state index contributed by atoms with van der Waals surface area (Å²) in [5.74, 6) is 2.36. The molecule has 1 saturated carbocycles. The van der Waals surface area contributed by atoms with E-state index < -0.39 is 0 Å². The van der Waals surface area contributed by atoms with E-state index >= 15 is 0 Å². The second-order valence-electron chi connectivity index (χ2n) is 5.26. The molecule has 2 nitrogen and oxygen atoms in total. The van der Waals surface area contributed by atoms with Crippen LogP contribution in [-0.4, -0.2) is 5.78 Å². The molecule has 2 heteroatoms. The van der Waals surface area contributed by atoms with Gasteiger partial charge in [-0.3, -0.25) is 4.79 Å². The van der Waals surface area contributed by atoms with Crippen LogP contribution in [0.2, 0.25) is 0 Å². The fraction of sp³-hybridized carbons (Fsp3) is 0.643. The third-order valence-corrected chi connectivity index (χ3v) is 4.05. The first-order valence-corrected chi connectivity index (χ1v) is 6.18. The Labute approximate surface area is 97.0 Å². The maximum absolute atomic E-state index is 12.2. The maximum atomic E-state index is 12.2. The lowest BCUT2D eigenvalue weighted by molar-refractivity contribution is 0.0808. The van der Waals surface area contributed by atoms with Crippen LogP contribution in [0.5, 0.6) is 0 Å². The quantitative estimate of drug-likeness (QED) is 0.709. The number of carbonyl (C=O) groups is 1. The van der Waals surface area contributed by atoms with Crippen molar-refractivity contribution in [2.45, 2.75) is 40.0 Å². The largest absolute Gasteiger partial charge is 0.461 e. The van der Waals surface area contributed by atoms with E-state index in [-0.39, 0.29) is 11.7 Å². The van der Waals surface area contributed by atoms with E-state index in [4.69, 9.17) is 4.42 Å². The van der Waals surface area contributed by atoms with E-state index in [1.807, 2.05) is 13.0 Å². The topological polar surface area (TPSA) is 30.2 Å². The number of carbonyl (C=O) groups excluding carboxylic acids is 1. The molecule has 0 spiro atoms. The van der Waals surface area contributed by atoms with Crippen molar-refractivity contribution < 1.29 is 9.21 Å². The van der Waals surface area contributed by atoms with E-state index in [9.17, 15) is 4.79 Å². The average Bonchev–Trinajstić information content (AvgIpc) is 2.67. The monoisotopic (exact) mass is 220 g/mol. The lowest BCUT2D eigenvalue weighted by atomic mass is 9.74. The van der Waals surface area contributed by atoms with Gasteiger partial charge in [0.2, 0.25) is 5.78 Å². The zero-order valence-corrected chi connectivity index (χ0v) is 10.3. The van der Waals surface area contributed by atoms with Crippen molar-refractivity contribution in [3.8, 4) is 0 Å². The minimum atomic E-state index is 0.177. The minimum Gasteiger partial charge on any atom is -0.461 e. The second-order valence-corrected chi connectivity index (χ2v) is 5.26. The Bertz CT molecular complexity index is 378. The molecule has 0 N–H and O–H groups in total. The van der Waals surface area contributed by atoms with E-state index in [0.717, 1.165) is 30.7 Å². The molecule has 1 aromatic rings. The first kappa shape index (κ1) is 11.4. The molecule has 3 unspecified atom stereocenters. The van der Waals surface area contributed by atoms with Gasteiger partial charge in [0.25, 0.3) is 0 Å². The molecular weight excluding hydrogens is 200 g/mol. The SMILES string of the molecule is Cc1ccoc1C(=O)C1CCC(C)C(C)C1. The van der Waals surface area contributed by atoms with Gasteiger partial charge < -0.3 is 4.42 Å². The third kappa shape index (κ3) is 2.06. The normalized spacial score (nSPS) is 30.3. The molecule has 2 rings (SSSR count). The summed E-state index contributed by atoms with van der Waals surface area (Å²) in [5, 5.41) is 0. The lowest BCUT2D eigenvalue weighted by Gasteiger charge is -2.30. The van der Waals surface area contributed by atoms with Crippen molar-refractivity contribution in [3.63, 3.8) is 0 Å². The summed E-state index contributed by atoms with van der Waals surface area (Å²) in [6.45, 7) is 6.47. The van der Waals surface area contributed by atoms with Crippen LogP contribution in [0.25, 0.3) is 0 Å². The number of hydrogen-bond donors (Lipinski definition) is 0. The molecule has 0 aliphatic heterocycles. The van der Waals surface area contributed by atoms with Crippen molar-refractivity contribution in [1.29, 1.82) is 0 Å². The Hall–Kier alpha value is -1.05. The fourth-order valence-corrected chi connectivity index (χ4v) is 2.60. The first-order valence-electron chi connectivity index (χ1n) is 6.18. The number of furan rings is 1. The summed E-state index contributed by atoms with van der Waals surface area (Å²) in [6, 6.07) is 1.86. The number of hydrogen-bond acceptors (Lipinski definition) is 2. The van der Waals surface area contributed by atoms with Crippen molar-refractivity contribution in [3.05, 3.63) is 23.7 Å². The molecule has 1 fully saturated rings. The number of rotatable bonds is 2. The van der Waals surface area contributed by atoms with Gasteiger partial charge in [-0.2, -0.15) is 0 Å². The number of Topliss-reactive ketones (excluding diaryl/α,β-unsaturated/α-hetero) is 1. The Morgan fingerprint density at radius 3 is 2.62 bits per heavy atom. The molecule has 0 bridgehead atoms. The summed E-state index contributed by atoms with van der Waals surface area (Å²) in [4.78, 5) is 12.2. The fourth-order valence-electron chi connectivity index (χ4n) is 2.60. The molecule has 1 aliphatic rings. The standard InChI is InChI=1S/C14H20O2/c1-9-4-5-12(8-11(9)3)13(15)14-10(2)6-7-16-14/h6-7,9,11-12H,4-5,8H2,1-3H3. The average molecular weight is 220 g/mol. The van der Waals surface area contributed by atoms with Gasteiger partial charge in [-0.25, -0.2) is 0 Å². The molecule has 0 aromatic carbocycles. The van der Waals surface area contributed by atoms with E-state index in [1.165, 1.54) is 0 Å². The Kier molecular flexibility index (Phi) is 3.17. The van der Waals surface area contributed by atoms with Gasteiger partial charge in [0, 0.05) is 5.92 Å². The Morgan fingerprint density at radius 1 is 1.31 bits per heavy atom. The highest BCUT2D eigenvalue weighted by molar-refractivity contribution is 5.96. The van der Waals surface area contributed by atoms with Crippen LogP contribution in [0, 0.1) is 24.7 Å². The molecule has 88 valence electrons. The summed E-state index contributed by atoms with van der Waals surface area (Å²) in [7, 11) is 0. The van der Waals surface area contributed by atoms with Gasteiger partial charge >= 0.3 is 0 Å². The number of aryl methyl sites for hydroxylation is 1. The Morgan fingerprint density at radius 2 is 2.06 bits per heavy atom. The molecule has 0 saturated heterocycles. The van der Waals surface area contributed by atoms with Gasteiger partial charge in [0.1, 0.15) is 0 Å². The van der Waals surface area contributed by atoms with Gasteiger partial charge in [-0.1, -0.05) is 13.8 Å². The zero-order valence-electron chi connectivity index (χ0n) is 10.3. The molecular formula is C14H20O2. The van der Waals surface area contributed by atoms with E-state index in [1.54, 1.807) is 6.26 Å². The second kappa shape index (κ2) is 4.44. The van der Waals surface area contributed by atoms with E-state index in [2.05, 4.69) is 13.8 Å². The lowest BCUT2D eigenvalue weighted by Crippen LogP contribution is -2.26. The highest BCUT2D eigenvalue weighted by atomic mass is 16.3. The summed E-state index contributed by atoms with van der Waals surface area (Å²) in [5.41, 5.74) is 0.969. The van der Waals surface area contributed by atoms with Crippen LogP contribution >= 0.6 is 0 Å². The molecule has 0 amide bonds. The molecule has 1 aromatic heterocycles. The summed E-state index contributed by atoms with van der Waals surface area (Å²) in [6.07, 6.45) is 4.80. The van der Waals surface area contributed by atoms with Gasteiger partial charge in [0.05, 0.1) is 6.26 Å². The highest BCUT2D eigenvalue weighted by Gasteiger charge is 2.31. The van der Waals surface area contributed by atoms with Crippen molar-refractivity contribution in [2.75, 3.05) is 0 Å². The van der Waals surface area contributed by atoms with Crippen LogP contribution in [-0.2, 0) is 0 Å². The van der Waals surface area contributed by atoms with E-state index in [0.29, 0.717) is 11.7 Å². The predicted molar refractivity (Wildman–Crippen MR) is 63.4 cm³/mol. The van der Waals surface area contributed by atoms with Crippen LogP contribution in [0.4, 0.5) is 0 Å². The van der Waals surface area contributed by atoms with Crippen molar-refractivity contribution in [1.82, 2.24) is 0 Å². The van der Waals surface area contributed by atoms with Crippen LogP contribution in [0.15, 0.2) is 16.7 Å². The summed E-state index contributed by atoms with van der Waals surface area (Å²) >= 11 is 0. The maximum Gasteiger partial charge on any atom is 0.201 e. The van der Waals surface area contributed by atoms with Crippen LogP contribution < -0.4 is 0 Å². The number of ketones is 1. The molecule has 16 heavy (non-hydrogen) atoms. The van der Waals surface area contributed by atoms with Gasteiger partial charge in [0.15, 0.2) is 5.76 Å². The van der Waals surface area contributed by atoms with Crippen molar-refractivity contribution in [2.24, 2.45) is 17.8 Å². The molecule has 1 heterocycles. The van der Waals surface area contributed by atoms with Gasteiger partial charge in [-0.15, -0.1) is 0 Å². The van der Waals surface area contributed by atoms with Crippen LogP contribution in [0.3, 0.4) is 0 Å².